The third-order valence-electron chi connectivity index (χ3n) is 4.95. The van der Waals surface area contributed by atoms with Crippen molar-refractivity contribution in [1.29, 1.82) is 0 Å². The summed E-state index contributed by atoms with van der Waals surface area (Å²) in [5.41, 5.74) is 3.22. The summed E-state index contributed by atoms with van der Waals surface area (Å²) in [7, 11) is 3.35. The summed E-state index contributed by atoms with van der Waals surface area (Å²) in [6.07, 6.45) is 3.59. The zero-order valence-corrected chi connectivity index (χ0v) is 17.4. The van der Waals surface area contributed by atoms with Crippen LogP contribution in [0.5, 0.6) is 11.5 Å². The van der Waals surface area contributed by atoms with Crippen molar-refractivity contribution in [3.63, 3.8) is 0 Å². The van der Waals surface area contributed by atoms with Crippen LogP contribution in [0.2, 0.25) is 0 Å². The fourth-order valence-electron chi connectivity index (χ4n) is 3.42. The average Bonchev–Trinajstić information content (AvgIpc) is 2.79. The number of pyridine rings is 1. The number of ether oxygens (including phenoxy) is 2. The van der Waals surface area contributed by atoms with Gasteiger partial charge in [-0.1, -0.05) is 24.3 Å². The van der Waals surface area contributed by atoms with E-state index in [0.29, 0.717) is 13.1 Å². The number of aromatic nitrogens is 3. The van der Waals surface area contributed by atoms with Crippen LogP contribution in [0.15, 0.2) is 67.0 Å². The molecule has 30 heavy (non-hydrogen) atoms. The molecule has 0 saturated carbocycles. The zero-order valence-electron chi connectivity index (χ0n) is 17.4. The van der Waals surface area contributed by atoms with Crippen molar-refractivity contribution in [1.82, 2.24) is 15.0 Å². The number of hydrogen-bond donors (Lipinski definition) is 0. The lowest BCUT2D eigenvalue weighted by Gasteiger charge is -2.25. The summed E-state index contributed by atoms with van der Waals surface area (Å²) in [6, 6.07) is 18.1. The van der Waals surface area contributed by atoms with Gasteiger partial charge in [-0.3, -0.25) is 4.98 Å². The fourth-order valence-corrected chi connectivity index (χ4v) is 3.42. The second-order valence-electron chi connectivity index (χ2n) is 7.04. The van der Waals surface area contributed by atoms with E-state index in [1.807, 2.05) is 43.5 Å². The van der Waals surface area contributed by atoms with E-state index in [4.69, 9.17) is 14.5 Å². The van der Waals surface area contributed by atoms with Crippen molar-refractivity contribution in [2.75, 3.05) is 19.1 Å². The van der Waals surface area contributed by atoms with Gasteiger partial charge >= 0.3 is 0 Å². The van der Waals surface area contributed by atoms with Crippen LogP contribution in [0.1, 0.15) is 17.0 Å². The Labute approximate surface area is 176 Å². The van der Waals surface area contributed by atoms with Gasteiger partial charge in [-0.2, -0.15) is 0 Å². The molecule has 0 unspecified atom stereocenters. The topological polar surface area (TPSA) is 60.4 Å². The Morgan fingerprint density at radius 3 is 1.87 bits per heavy atom. The van der Waals surface area contributed by atoms with E-state index in [0.717, 1.165) is 45.2 Å². The van der Waals surface area contributed by atoms with Crippen LogP contribution >= 0.6 is 0 Å². The first-order valence-corrected chi connectivity index (χ1v) is 9.75. The SMILES string of the molecule is COc1ccc(CN(Cc2ccc(OC)cc2)c2nc(C)nc3ccncc23)cc1. The van der Waals surface area contributed by atoms with Crippen LogP contribution in [0.4, 0.5) is 5.82 Å². The molecular weight excluding hydrogens is 376 g/mol. The molecule has 0 fully saturated rings. The summed E-state index contributed by atoms with van der Waals surface area (Å²) in [5, 5.41) is 0.935. The van der Waals surface area contributed by atoms with E-state index in [-0.39, 0.29) is 0 Å². The predicted molar refractivity (Wildman–Crippen MR) is 118 cm³/mol. The summed E-state index contributed by atoms with van der Waals surface area (Å²) >= 11 is 0. The zero-order chi connectivity index (χ0) is 20.9. The molecule has 0 amide bonds. The van der Waals surface area contributed by atoms with Crippen molar-refractivity contribution >= 4 is 16.7 Å². The summed E-state index contributed by atoms with van der Waals surface area (Å²) in [5.74, 6) is 3.29. The maximum atomic E-state index is 5.30. The summed E-state index contributed by atoms with van der Waals surface area (Å²) < 4.78 is 10.6. The van der Waals surface area contributed by atoms with Crippen molar-refractivity contribution in [2.24, 2.45) is 0 Å². The summed E-state index contributed by atoms with van der Waals surface area (Å²) in [4.78, 5) is 15.9. The van der Waals surface area contributed by atoms with Gasteiger partial charge in [0.15, 0.2) is 0 Å². The Morgan fingerprint density at radius 2 is 1.33 bits per heavy atom. The Balaban J connectivity index is 1.74. The normalized spacial score (nSPS) is 10.8. The Kier molecular flexibility index (Phi) is 5.75. The molecule has 2 aromatic carbocycles. The van der Waals surface area contributed by atoms with Gasteiger partial charge < -0.3 is 14.4 Å². The lowest BCUT2D eigenvalue weighted by Crippen LogP contribution is -2.24. The van der Waals surface area contributed by atoms with Gasteiger partial charge in [-0.15, -0.1) is 0 Å². The predicted octanol–water partition coefficient (Wildman–Crippen LogP) is 4.56. The van der Waals surface area contributed by atoms with E-state index in [1.54, 1.807) is 20.4 Å². The molecule has 2 heterocycles. The molecular formula is C24H24N4O2. The maximum Gasteiger partial charge on any atom is 0.142 e. The van der Waals surface area contributed by atoms with Crippen LogP contribution in [-0.4, -0.2) is 29.2 Å². The molecule has 4 aromatic rings. The monoisotopic (exact) mass is 400 g/mol. The lowest BCUT2D eigenvalue weighted by molar-refractivity contribution is 0.414. The van der Waals surface area contributed by atoms with Crippen molar-refractivity contribution in [3.8, 4) is 11.5 Å². The number of fused-ring (bicyclic) bond motifs is 1. The highest BCUT2D eigenvalue weighted by molar-refractivity contribution is 5.88. The highest BCUT2D eigenvalue weighted by Crippen LogP contribution is 2.27. The van der Waals surface area contributed by atoms with Gasteiger partial charge in [-0.05, 0) is 48.4 Å². The highest BCUT2D eigenvalue weighted by atomic mass is 16.5. The molecule has 0 bridgehead atoms. The van der Waals surface area contributed by atoms with E-state index in [9.17, 15) is 0 Å². The van der Waals surface area contributed by atoms with E-state index in [1.165, 1.54) is 0 Å². The lowest BCUT2D eigenvalue weighted by atomic mass is 10.1. The van der Waals surface area contributed by atoms with Crippen molar-refractivity contribution in [2.45, 2.75) is 20.0 Å². The number of anilines is 1. The van der Waals surface area contributed by atoms with Crippen molar-refractivity contribution < 1.29 is 9.47 Å². The molecule has 0 aliphatic carbocycles. The molecule has 0 atom stereocenters. The largest absolute Gasteiger partial charge is 0.497 e. The molecule has 0 N–H and O–H groups in total. The Morgan fingerprint density at radius 1 is 0.767 bits per heavy atom. The maximum absolute atomic E-state index is 5.30. The minimum absolute atomic E-state index is 0.691. The van der Waals surface area contributed by atoms with Gasteiger partial charge in [0, 0.05) is 25.5 Å². The van der Waals surface area contributed by atoms with Gasteiger partial charge in [0.1, 0.15) is 23.1 Å². The molecule has 6 nitrogen and oxygen atoms in total. The van der Waals surface area contributed by atoms with Crippen LogP contribution in [0.25, 0.3) is 10.9 Å². The van der Waals surface area contributed by atoms with Gasteiger partial charge in [0.2, 0.25) is 0 Å². The minimum atomic E-state index is 0.691. The molecule has 4 rings (SSSR count). The molecule has 0 saturated heterocycles. The first-order valence-electron chi connectivity index (χ1n) is 9.75. The summed E-state index contributed by atoms with van der Waals surface area (Å²) in [6.45, 7) is 3.30. The van der Waals surface area contributed by atoms with Crippen LogP contribution in [0, 0.1) is 6.92 Å². The van der Waals surface area contributed by atoms with Gasteiger partial charge in [0.25, 0.3) is 0 Å². The van der Waals surface area contributed by atoms with Crippen LogP contribution in [0.3, 0.4) is 0 Å². The third-order valence-corrected chi connectivity index (χ3v) is 4.95. The van der Waals surface area contributed by atoms with Gasteiger partial charge in [-0.25, -0.2) is 9.97 Å². The highest BCUT2D eigenvalue weighted by Gasteiger charge is 2.15. The minimum Gasteiger partial charge on any atom is -0.497 e. The second-order valence-corrected chi connectivity index (χ2v) is 7.04. The van der Waals surface area contributed by atoms with E-state index >= 15 is 0 Å². The Hall–Kier alpha value is -3.67. The number of methoxy groups -OCH3 is 2. The molecule has 2 aromatic heterocycles. The van der Waals surface area contributed by atoms with E-state index in [2.05, 4.69) is 39.1 Å². The second kappa shape index (κ2) is 8.78. The Bertz CT molecular complexity index is 1080. The number of rotatable bonds is 7. The van der Waals surface area contributed by atoms with E-state index < -0.39 is 0 Å². The standard InChI is InChI=1S/C24H24N4O2/c1-17-26-23-12-13-25-14-22(23)24(27-17)28(15-18-4-8-20(29-2)9-5-18)16-19-6-10-21(30-3)11-7-19/h4-14H,15-16H2,1-3H3. The third kappa shape index (κ3) is 4.33. The molecule has 6 heteroatoms. The quantitative estimate of drug-likeness (QED) is 0.453. The van der Waals surface area contributed by atoms with Crippen molar-refractivity contribution in [3.05, 3.63) is 83.9 Å². The smallest absolute Gasteiger partial charge is 0.142 e. The van der Waals surface area contributed by atoms with Crippen LogP contribution < -0.4 is 14.4 Å². The van der Waals surface area contributed by atoms with Crippen LogP contribution in [-0.2, 0) is 13.1 Å². The molecule has 0 radical (unpaired) electrons. The fraction of sp³-hybridized carbons (Fsp3) is 0.208. The first kappa shape index (κ1) is 19.6. The molecule has 0 aliphatic heterocycles. The first-order chi connectivity index (χ1) is 14.7. The molecule has 152 valence electrons. The number of nitrogens with zero attached hydrogens (tertiary/aromatic N) is 4. The average molecular weight is 400 g/mol. The molecule has 0 aliphatic rings. The molecule has 0 spiro atoms. The number of aryl methyl sites for hydroxylation is 1. The van der Waals surface area contributed by atoms with Gasteiger partial charge in [0.05, 0.1) is 25.1 Å². The number of benzene rings is 2. The number of hydrogen-bond acceptors (Lipinski definition) is 6.